The first-order valence-corrected chi connectivity index (χ1v) is 21.0. The lowest BCUT2D eigenvalue weighted by Crippen LogP contribution is -2.59. The molecule has 0 saturated carbocycles. The number of aliphatic hydroxyl groups excluding tert-OH is 4. The van der Waals surface area contributed by atoms with Gasteiger partial charge in [0.05, 0.1) is 19.1 Å². The molecule has 10 heteroatoms. The van der Waals surface area contributed by atoms with Gasteiger partial charge in [-0.3, -0.25) is 9.59 Å². The van der Waals surface area contributed by atoms with Gasteiger partial charge < -0.3 is 39.7 Å². The first kappa shape index (κ1) is 50.2. The van der Waals surface area contributed by atoms with Crippen molar-refractivity contribution in [1.82, 2.24) is 0 Å². The van der Waals surface area contributed by atoms with Crippen LogP contribution in [0.3, 0.4) is 0 Å². The van der Waals surface area contributed by atoms with E-state index in [2.05, 4.69) is 86.8 Å². The van der Waals surface area contributed by atoms with Crippen LogP contribution in [0.4, 0.5) is 0 Å². The van der Waals surface area contributed by atoms with Gasteiger partial charge in [-0.15, -0.1) is 0 Å². The fourth-order valence-corrected chi connectivity index (χ4v) is 6.18. The van der Waals surface area contributed by atoms with E-state index in [1.165, 1.54) is 0 Å². The molecule has 0 aromatic heterocycles. The number of carbonyl (C=O) groups excluding carboxylic acids is 1. The summed E-state index contributed by atoms with van der Waals surface area (Å²) in [4.78, 5) is 25.2. The smallest absolute Gasteiger partial charge is 0.306 e. The van der Waals surface area contributed by atoms with Gasteiger partial charge in [-0.1, -0.05) is 125 Å². The van der Waals surface area contributed by atoms with Crippen molar-refractivity contribution in [3.8, 4) is 0 Å². The van der Waals surface area contributed by atoms with E-state index in [1.807, 2.05) is 0 Å². The summed E-state index contributed by atoms with van der Waals surface area (Å²) >= 11 is 0. The highest BCUT2D eigenvalue weighted by Gasteiger charge is 2.44. The Labute approximate surface area is 331 Å². The van der Waals surface area contributed by atoms with Gasteiger partial charge >= 0.3 is 11.9 Å². The van der Waals surface area contributed by atoms with Gasteiger partial charge in [0.1, 0.15) is 30.5 Å². The zero-order chi connectivity index (χ0) is 40.4. The highest BCUT2D eigenvalue weighted by molar-refractivity contribution is 5.71. The van der Waals surface area contributed by atoms with E-state index in [9.17, 15) is 35.1 Å². The summed E-state index contributed by atoms with van der Waals surface area (Å²) in [5.41, 5.74) is 0. The molecule has 1 heterocycles. The summed E-state index contributed by atoms with van der Waals surface area (Å²) in [6, 6.07) is 0. The molecular weight excluding hydrogens is 700 g/mol. The molecule has 55 heavy (non-hydrogen) atoms. The Morgan fingerprint density at radius 3 is 1.65 bits per heavy atom. The molecular formula is C45H74O10. The Balaban J connectivity index is 2.55. The van der Waals surface area contributed by atoms with E-state index in [0.29, 0.717) is 19.3 Å². The molecule has 1 rings (SSSR count). The predicted octanol–water partition coefficient (Wildman–Crippen LogP) is 8.59. The number of hydrogen-bond donors (Lipinski definition) is 5. The fraction of sp³-hybridized carbons (Fsp3) is 0.689. The lowest BCUT2D eigenvalue weighted by Gasteiger charge is -2.40. The summed E-state index contributed by atoms with van der Waals surface area (Å²) in [7, 11) is 0. The Bertz CT molecular complexity index is 1140. The van der Waals surface area contributed by atoms with E-state index >= 15 is 0 Å². The van der Waals surface area contributed by atoms with E-state index in [-0.39, 0.29) is 19.4 Å². The fourth-order valence-electron chi connectivity index (χ4n) is 6.18. The molecule has 314 valence electrons. The van der Waals surface area contributed by atoms with Gasteiger partial charge in [-0.2, -0.15) is 0 Å². The molecule has 0 aromatic carbocycles. The minimum absolute atomic E-state index is 0.0161. The monoisotopic (exact) mass is 775 g/mol. The number of allylic oxidation sites excluding steroid dienone is 12. The lowest BCUT2D eigenvalue weighted by atomic mass is 9.94. The molecule has 1 fully saturated rings. The highest BCUT2D eigenvalue weighted by Crippen LogP contribution is 2.24. The van der Waals surface area contributed by atoms with E-state index in [4.69, 9.17) is 14.2 Å². The van der Waals surface area contributed by atoms with Gasteiger partial charge in [0, 0.05) is 6.42 Å². The van der Waals surface area contributed by atoms with Gasteiger partial charge in [0.25, 0.3) is 0 Å². The third-order valence-corrected chi connectivity index (χ3v) is 9.47. The number of ether oxygens (including phenoxy) is 3. The Morgan fingerprint density at radius 1 is 0.636 bits per heavy atom. The first-order valence-electron chi connectivity index (χ1n) is 21.0. The van der Waals surface area contributed by atoms with Crippen LogP contribution in [0.1, 0.15) is 142 Å². The maximum atomic E-state index is 12.9. The number of rotatable bonds is 33. The number of carboxylic acids is 1. The molecule has 0 aromatic rings. The van der Waals surface area contributed by atoms with Crippen molar-refractivity contribution in [2.24, 2.45) is 5.92 Å². The van der Waals surface area contributed by atoms with E-state index < -0.39 is 61.3 Å². The average molecular weight is 775 g/mol. The van der Waals surface area contributed by atoms with Crippen LogP contribution >= 0.6 is 0 Å². The van der Waals surface area contributed by atoms with Crippen LogP contribution < -0.4 is 0 Å². The zero-order valence-corrected chi connectivity index (χ0v) is 33.8. The maximum absolute atomic E-state index is 12.9. The predicted molar refractivity (Wildman–Crippen MR) is 219 cm³/mol. The third kappa shape index (κ3) is 25.8. The summed E-state index contributed by atoms with van der Waals surface area (Å²) in [5.74, 6) is -2.21. The third-order valence-electron chi connectivity index (χ3n) is 9.47. The van der Waals surface area contributed by atoms with Crippen LogP contribution in [0.2, 0.25) is 0 Å². The standard InChI is InChI=1S/C45H74O10/c1-3-5-7-9-11-13-15-17-19-21-23-25-27-29-31-33-40(47)54-38(36-53-45-43(50)42(49)41(48)39(35-46)55-45)34-37(44(51)52)32-30-28-26-24-22-20-18-16-14-12-10-8-6-4-2/h5-8,11-14,17-20,37-39,41-43,45-46,48-50H,3-4,9-10,15-16,21-36H2,1-2H3,(H,51,52)/t37?,38?,39-,41-,42+,43-,45-/m1/s1. The van der Waals surface area contributed by atoms with E-state index in [1.54, 1.807) is 0 Å². The molecule has 2 unspecified atom stereocenters. The van der Waals surface area contributed by atoms with Crippen molar-refractivity contribution >= 4 is 11.9 Å². The minimum Gasteiger partial charge on any atom is -0.481 e. The van der Waals surface area contributed by atoms with Crippen LogP contribution in [0.5, 0.6) is 0 Å². The van der Waals surface area contributed by atoms with Crippen molar-refractivity contribution in [3.63, 3.8) is 0 Å². The van der Waals surface area contributed by atoms with Crippen molar-refractivity contribution in [1.29, 1.82) is 0 Å². The number of hydrogen-bond acceptors (Lipinski definition) is 9. The van der Waals surface area contributed by atoms with E-state index in [0.717, 1.165) is 96.3 Å². The second kappa shape index (κ2) is 34.4. The summed E-state index contributed by atoms with van der Waals surface area (Å²) in [5, 5.41) is 50.3. The Morgan fingerprint density at radius 2 is 1.13 bits per heavy atom. The number of carbonyl (C=O) groups is 2. The van der Waals surface area contributed by atoms with Crippen molar-refractivity contribution < 1.29 is 49.3 Å². The van der Waals surface area contributed by atoms with Gasteiger partial charge in [0.15, 0.2) is 6.29 Å². The molecule has 5 N–H and O–H groups in total. The number of unbranched alkanes of at least 4 members (excludes halogenated alkanes) is 9. The van der Waals surface area contributed by atoms with Crippen molar-refractivity contribution in [2.75, 3.05) is 13.2 Å². The molecule has 1 aliphatic rings. The van der Waals surface area contributed by atoms with Crippen molar-refractivity contribution in [3.05, 3.63) is 72.9 Å². The quantitative estimate of drug-likeness (QED) is 0.0248. The van der Waals surface area contributed by atoms with Crippen LogP contribution in [-0.2, 0) is 23.8 Å². The van der Waals surface area contributed by atoms with Gasteiger partial charge in [-0.05, 0) is 83.5 Å². The second-order valence-corrected chi connectivity index (χ2v) is 14.3. The topological polar surface area (TPSA) is 163 Å². The number of aliphatic carboxylic acids is 1. The molecule has 10 nitrogen and oxygen atoms in total. The second-order valence-electron chi connectivity index (χ2n) is 14.3. The molecule has 0 amide bonds. The van der Waals surface area contributed by atoms with Crippen molar-refractivity contribution in [2.45, 2.75) is 179 Å². The molecule has 0 aliphatic carbocycles. The van der Waals surface area contributed by atoms with Gasteiger partial charge in [0.2, 0.25) is 0 Å². The minimum atomic E-state index is -1.62. The maximum Gasteiger partial charge on any atom is 0.306 e. The molecule has 1 saturated heterocycles. The average Bonchev–Trinajstić information content (AvgIpc) is 3.17. The first-order chi connectivity index (χ1) is 26.7. The highest BCUT2D eigenvalue weighted by atomic mass is 16.7. The lowest BCUT2D eigenvalue weighted by molar-refractivity contribution is -0.305. The molecule has 1 aliphatic heterocycles. The molecule has 0 radical (unpaired) electrons. The summed E-state index contributed by atoms with van der Waals surface area (Å²) < 4.78 is 16.9. The number of esters is 1. The van der Waals surface area contributed by atoms with Crippen LogP contribution in [0.15, 0.2) is 72.9 Å². The molecule has 0 bridgehead atoms. The number of carboxylic acid groups (broad SMARTS) is 1. The SMILES string of the molecule is CCC=CCC=CCC=CCCCCCCCC(=O)OC(CO[C@@H]1O[C@H](CO)[C@@H](O)[C@H](O)[C@H]1O)CC(CCCCCCC=CCC=CCC=CCC)C(=O)O. The van der Waals surface area contributed by atoms with Crippen LogP contribution in [-0.4, -0.2) is 87.5 Å². The summed E-state index contributed by atoms with van der Waals surface area (Å²) in [6.45, 7) is 3.36. The molecule has 0 spiro atoms. The normalized spacial score (nSPS) is 22.0. The molecule has 7 atom stereocenters. The zero-order valence-electron chi connectivity index (χ0n) is 33.8. The van der Waals surface area contributed by atoms with Gasteiger partial charge in [-0.25, -0.2) is 0 Å². The number of aliphatic hydroxyl groups is 4. The largest absolute Gasteiger partial charge is 0.481 e. The Kier molecular flexibility index (Phi) is 31.4. The Hall–Kier alpha value is -2.86. The summed E-state index contributed by atoms with van der Waals surface area (Å²) in [6.07, 6.45) is 34.7. The van der Waals surface area contributed by atoms with Crippen LogP contribution in [0, 0.1) is 5.92 Å². The van der Waals surface area contributed by atoms with Crippen LogP contribution in [0.25, 0.3) is 0 Å².